The standard InChI is InChI=1S/C16H22N2O2S/c1-11(19)17-15(7-8-21-2)16(20)18-14-9-12-5-3-4-6-13(12)10-14/h3-6,14-15H,7-10H2,1-2H3,(H,17,19)(H,18,20). The molecule has 0 fully saturated rings. The van der Waals surface area contributed by atoms with Gasteiger partial charge in [0.05, 0.1) is 0 Å². The van der Waals surface area contributed by atoms with Gasteiger partial charge >= 0.3 is 0 Å². The molecule has 1 atom stereocenters. The lowest BCUT2D eigenvalue weighted by Crippen LogP contribution is -2.49. The van der Waals surface area contributed by atoms with Gasteiger partial charge in [-0.3, -0.25) is 9.59 Å². The number of carbonyl (C=O) groups is 2. The maximum Gasteiger partial charge on any atom is 0.242 e. The number of amides is 2. The maximum absolute atomic E-state index is 12.4. The molecular weight excluding hydrogens is 284 g/mol. The molecule has 21 heavy (non-hydrogen) atoms. The largest absolute Gasteiger partial charge is 0.351 e. The van der Waals surface area contributed by atoms with Crippen LogP contribution in [-0.2, 0) is 22.4 Å². The highest BCUT2D eigenvalue weighted by molar-refractivity contribution is 7.98. The highest BCUT2D eigenvalue weighted by Gasteiger charge is 2.26. The van der Waals surface area contributed by atoms with Crippen LogP contribution in [-0.4, -0.2) is 35.9 Å². The third-order valence-corrected chi connectivity index (χ3v) is 4.35. The predicted octanol–water partition coefficient (Wildman–Crippen LogP) is 1.53. The van der Waals surface area contributed by atoms with Crippen molar-refractivity contribution in [2.24, 2.45) is 0 Å². The number of fused-ring (bicyclic) bond motifs is 1. The highest BCUT2D eigenvalue weighted by atomic mass is 32.2. The van der Waals surface area contributed by atoms with Crippen molar-refractivity contribution in [1.82, 2.24) is 10.6 Å². The van der Waals surface area contributed by atoms with Gasteiger partial charge in [-0.05, 0) is 42.4 Å². The fourth-order valence-corrected chi connectivity index (χ4v) is 3.18. The Labute approximate surface area is 130 Å². The first-order chi connectivity index (χ1) is 10.1. The quantitative estimate of drug-likeness (QED) is 0.838. The van der Waals surface area contributed by atoms with Crippen molar-refractivity contribution in [3.05, 3.63) is 35.4 Å². The first kappa shape index (κ1) is 15.9. The van der Waals surface area contributed by atoms with Gasteiger partial charge < -0.3 is 10.6 Å². The average Bonchev–Trinajstić information content (AvgIpc) is 2.85. The second-order valence-corrected chi connectivity index (χ2v) is 6.40. The van der Waals surface area contributed by atoms with Crippen molar-refractivity contribution in [2.75, 3.05) is 12.0 Å². The molecule has 1 aromatic rings. The first-order valence-electron chi connectivity index (χ1n) is 7.23. The SMILES string of the molecule is CSCCC(NC(C)=O)C(=O)NC1Cc2ccccc2C1. The topological polar surface area (TPSA) is 58.2 Å². The molecule has 1 aromatic carbocycles. The number of thioether (sulfide) groups is 1. The molecule has 1 aliphatic carbocycles. The lowest BCUT2D eigenvalue weighted by Gasteiger charge is -2.20. The monoisotopic (exact) mass is 306 g/mol. The molecule has 0 saturated heterocycles. The molecule has 2 amide bonds. The van der Waals surface area contributed by atoms with Gasteiger partial charge in [0, 0.05) is 13.0 Å². The summed E-state index contributed by atoms with van der Waals surface area (Å²) in [6, 6.07) is 7.99. The number of nitrogens with one attached hydrogen (secondary N) is 2. The van der Waals surface area contributed by atoms with E-state index in [1.807, 2.05) is 18.4 Å². The number of carbonyl (C=O) groups excluding carboxylic acids is 2. The summed E-state index contributed by atoms with van der Waals surface area (Å²) >= 11 is 1.68. The van der Waals surface area contributed by atoms with Crippen LogP contribution in [0.3, 0.4) is 0 Å². The van der Waals surface area contributed by atoms with E-state index >= 15 is 0 Å². The number of hydrogen-bond donors (Lipinski definition) is 2. The Morgan fingerprint density at radius 2 is 1.90 bits per heavy atom. The van der Waals surface area contributed by atoms with Crippen LogP contribution >= 0.6 is 11.8 Å². The molecule has 0 heterocycles. The first-order valence-corrected chi connectivity index (χ1v) is 8.62. The van der Waals surface area contributed by atoms with Gasteiger partial charge in [-0.1, -0.05) is 24.3 Å². The molecule has 0 aliphatic heterocycles. The molecular formula is C16H22N2O2S. The van der Waals surface area contributed by atoms with Crippen molar-refractivity contribution in [3.8, 4) is 0 Å². The third-order valence-electron chi connectivity index (χ3n) is 3.70. The summed E-state index contributed by atoms with van der Waals surface area (Å²) in [5.74, 6) is 0.617. The minimum absolute atomic E-state index is 0.0722. The summed E-state index contributed by atoms with van der Waals surface area (Å²) in [7, 11) is 0. The van der Waals surface area contributed by atoms with Crippen LogP contribution in [0.25, 0.3) is 0 Å². The van der Waals surface area contributed by atoms with Gasteiger partial charge in [0.25, 0.3) is 0 Å². The lowest BCUT2D eigenvalue weighted by atomic mass is 10.1. The van der Waals surface area contributed by atoms with E-state index in [-0.39, 0.29) is 17.9 Å². The number of hydrogen-bond acceptors (Lipinski definition) is 3. The van der Waals surface area contributed by atoms with Crippen LogP contribution in [0.4, 0.5) is 0 Å². The molecule has 0 saturated carbocycles. The third kappa shape index (κ3) is 4.49. The lowest BCUT2D eigenvalue weighted by molar-refractivity contribution is -0.128. The zero-order valence-corrected chi connectivity index (χ0v) is 13.3. The van der Waals surface area contributed by atoms with Crippen molar-refractivity contribution in [3.63, 3.8) is 0 Å². The van der Waals surface area contributed by atoms with Gasteiger partial charge in [0.15, 0.2) is 0 Å². The van der Waals surface area contributed by atoms with Gasteiger partial charge in [-0.25, -0.2) is 0 Å². The van der Waals surface area contributed by atoms with Crippen LogP contribution in [0, 0.1) is 0 Å². The Morgan fingerprint density at radius 1 is 1.29 bits per heavy atom. The number of rotatable bonds is 6. The molecule has 2 rings (SSSR count). The fraction of sp³-hybridized carbons (Fsp3) is 0.500. The van der Waals surface area contributed by atoms with Gasteiger partial charge in [0.2, 0.25) is 11.8 Å². The second kappa shape index (κ2) is 7.50. The summed E-state index contributed by atoms with van der Waals surface area (Å²) < 4.78 is 0. The normalized spacial score (nSPS) is 15.3. The maximum atomic E-state index is 12.4. The second-order valence-electron chi connectivity index (χ2n) is 5.42. The van der Waals surface area contributed by atoms with Gasteiger partial charge in [0.1, 0.15) is 6.04 Å². The molecule has 1 aliphatic rings. The summed E-state index contributed by atoms with van der Waals surface area (Å²) in [4.78, 5) is 23.6. The Bertz CT molecular complexity index is 494. The number of benzene rings is 1. The van der Waals surface area contributed by atoms with E-state index in [2.05, 4.69) is 22.8 Å². The van der Waals surface area contributed by atoms with Crippen LogP contribution in [0.2, 0.25) is 0 Å². The summed E-state index contributed by atoms with van der Waals surface area (Å²) in [6.07, 6.45) is 4.40. The Balaban J connectivity index is 1.92. The van der Waals surface area contributed by atoms with E-state index in [1.54, 1.807) is 11.8 Å². The zero-order chi connectivity index (χ0) is 15.2. The van der Waals surface area contributed by atoms with Gasteiger partial charge in [-0.2, -0.15) is 11.8 Å². The summed E-state index contributed by atoms with van der Waals surface area (Å²) in [5.41, 5.74) is 2.62. The Morgan fingerprint density at radius 3 is 2.43 bits per heavy atom. The predicted molar refractivity (Wildman–Crippen MR) is 86.4 cm³/mol. The van der Waals surface area contributed by atoms with Crippen molar-refractivity contribution in [1.29, 1.82) is 0 Å². The molecule has 1 unspecified atom stereocenters. The Kier molecular flexibility index (Phi) is 5.67. The summed E-state index contributed by atoms with van der Waals surface area (Å²) in [5, 5.41) is 5.82. The van der Waals surface area contributed by atoms with Crippen LogP contribution in [0.15, 0.2) is 24.3 Å². The molecule has 0 bridgehead atoms. The minimum atomic E-state index is -0.432. The minimum Gasteiger partial charge on any atom is -0.351 e. The smallest absolute Gasteiger partial charge is 0.242 e. The van der Waals surface area contributed by atoms with E-state index in [0.29, 0.717) is 6.42 Å². The van der Waals surface area contributed by atoms with E-state index in [4.69, 9.17) is 0 Å². The molecule has 5 heteroatoms. The van der Waals surface area contributed by atoms with Gasteiger partial charge in [-0.15, -0.1) is 0 Å². The van der Waals surface area contributed by atoms with Crippen LogP contribution in [0.1, 0.15) is 24.5 Å². The van der Waals surface area contributed by atoms with Crippen molar-refractivity contribution < 1.29 is 9.59 Å². The fourth-order valence-electron chi connectivity index (χ4n) is 2.71. The van der Waals surface area contributed by atoms with Crippen molar-refractivity contribution >= 4 is 23.6 Å². The van der Waals surface area contributed by atoms with Crippen LogP contribution < -0.4 is 10.6 Å². The molecule has 0 aromatic heterocycles. The van der Waals surface area contributed by atoms with E-state index in [9.17, 15) is 9.59 Å². The van der Waals surface area contributed by atoms with E-state index in [1.165, 1.54) is 18.1 Å². The van der Waals surface area contributed by atoms with E-state index in [0.717, 1.165) is 18.6 Å². The van der Waals surface area contributed by atoms with Crippen LogP contribution in [0.5, 0.6) is 0 Å². The molecule has 4 nitrogen and oxygen atoms in total. The molecule has 0 radical (unpaired) electrons. The summed E-state index contributed by atoms with van der Waals surface area (Å²) in [6.45, 7) is 1.45. The molecule has 0 spiro atoms. The molecule has 114 valence electrons. The zero-order valence-electron chi connectivity index (χ0n) is 12.5. The molecule has 2 N–H and O–H groups in total. The highest BCUT2D eigenvalue weighted by Crippen LogP contribution is 2.21. The Hall–Kier alpha value is -1.49. The van der Waals surface area contributed by atoms with E-state index < -0.39 is 6.04 Å². The van der Waals surface area contributed by atoms with Crippen molar-refractivity contribution in [2.45, 2.75) is 38.3 Å². The average molecular weight is 306 g/mol.